The van der Waals surface area contributed by atoms with Crippen LogP contribution in [0.5, 0.6) is 5.75 Å². The summed E-state index contributed by atoms with van der Waals surface area (Å²) in [5.41, 5.74) is 6.81. The van der Waals surface area contributed by atoms with E-state index >= 15 is 0 Å². The second-order valence-corrected chi connectivity index (χ2v) is 15.2. The summed E-state index contributed by atoms with van der Waals surface area (Å²) in [6.07, 6.45) is 7.45. The van der Waals surface area contributed by atoms with E-state index in [-0.39, 0.29) is 61.4 Å². The highest BCUT2D eigenvalue weighted by molar-refractivity contribution is 8.00. The number of fused-ring (bicyclic) bond motifs is 1. The maximum Gasteiger partial charge on any atom is 0.315 e. The molecule has 0 aliphatic carbocycles. The van der Waals surface area contributed by atoms with Crippen LogP contribution in [0.3, 0.4) is 0 Å². The molecule has 5 rings (SSSR count). The van der Waals surface area contributed by atoms with Crippen LogP contribution in [0.1, 0.15) is 80.3 Å². The van der Waals surface area contributed by atoms with Gasteiger partial charge < -0.3 is 36.5 Å². The number of halogens is 2. The number of ketones is 2. The van der Waals surface area contributed by atoms with E-state index < -0.39 is 41.7 Å². The van der Waals surface area contributed by atoms with Gasteiger partial charge in [0.15, 0.2) is 23.2 Å². The number of benzene rings is 2. The van der Waals surface area contributed by atoms with Gasteiger partial charge in [0.2, 0.25) is 5.91 Å². The largest absolute Gasteiger partial charge is 0.480 e. The van der Waals surface area contributed by atoms with Gasteiger partial charge in [-0.05, 0) is 75.4 Å². The first-order valence-electron chi connectivity index (χ1n) is 19.3. The number of para-hydroxylation sites is 1. The number of hydrogen-bond acceptors (Lipinski definition) is 11. The molecule has 0 saturated carbocycles. The third kappa shape index (κ3) is 13.3. The van der Waals surface area contributed by atoms with Crippen LogP contribution >= 0.6 is 11.8 Å². The SMILES string of the molecule is NCCCC[C@H](NC(=O)c1cccc(-n2cc(CNC(=O)CCOCCCC(=O)CCCC[C@@H]3SCC4NC(=O)N[C@@H]43)nn2)c1)C(=O)COc1c(F)cccc1F. The van der Waals surface area contributed by atoms with Crippen LogP contribution < -0.4 is 31.7 Å². The Labute approximate surface area is 333 Å². The Morgan fingerprint density at radius 3 is 2.58 bits per heavy atom. The van der Waals surface area contributed by atoms with Crippen LogP contribution in [-0.4, -0.2) is 99.9 Å². The minimum absolute atomic E-state index is 0.0878. The summed E-state index contributed by atoms with van der Waals surface area (Å²) in [5, 5.41) is 20.0. The fraction of sp³-hybridized carbons (Fsp3) is 0.513. The summed E-state index contributed by atoms with van der Waals surface area (Å²) in [5.74, 6) is -2.77. The van der Waals surface area contributed by atoms with Crippen LogP contribution in [0.2, 0.25) is 0 Å². The molecule has 3 aromatic rings. The molecular weight excluding hydrogens is 763 g/mol. The van der Waals surface area contributed by atoms with E-state index in [2.05, 4.69) is 31.6 Å². The lowest BCUT2D eigenvalue weighted by atomic mass is 10.0. The van der Waals surface area contributed by atoms with Gasteiger partial charge in [-0.2, -0.15) is 11.8 Å². The van der Waals surface area contributed by atoms with Gasteiger partial charge >= 0.3 is 6.03 Å². The first kappa shape index (κ1) is 43.2. The number of unbranched alkanes of at least 4 members (excludes halogenated alkanes) is 2. The smallest absolute Gasteiger partial charge is 0.315 e. The molecule has 0 bridgehead atoms. The summed E-state index contributed by atoms with van der Waals surface area (Å²) in [4.78, 5) is 62.5. The van der Waals surface area contributed by atoms with Crippen molar-refractivity contribution < 1.29 is 42.2 Å². The van der Waals surface area contributed by atoms with Gasteiger partial charge in [0.25, 0.3) is 5.91 Å². The predicted molar refractivity (Wildman–Crippen MR) is 208 cm³/mol. The van der Waals surface area contributed by atoms with E-state index in [1.807, 2.05) is 11.8 Å². The molecule has 6 N–H and O–H groups in total. The second kappa shape index (κ2) is 22.1. The normalized spacial score (nSPS) is 17.7. The number of aromatic nitrogens is 3. The number of thioether (sulfide) groups is 1. The Morgan fingerprint density at radius 1 is 0.982 bits per heavy atom. The number of Topliss-reactive ketones (excluding diaryl/α,β-unsaturated/α-hetero) is 2. The molecule has 1 unspecified atom stereocenters. The lowest BCUT2D eigenvalue weighted by Crippen LogP contribution is -2.43. The fourth-order valence-electron chi connectivity index (χ4n) is 6.56. The molecule has 1 aromatic heterocycles. The molecule has 57 heavy (non-hydrogen) atoms. The Hall–Kier alpha value is -4.94. The standard InChI is InChI=1S/C39H50F2N8O7S/c40-29-12-6-13-30(41)37(29)56-23-33(51)31(14-3-4-17-42)44-38(53)25-8-5-9-27(20-25)49-22-26(47-48-49)21-43-35(52)16-19-55-18-7-11-28(50)10-1-2-15-34-36-32(24-57-34)45-39(54)46-36/h5-6,8-9,12-13,20,22,31-32,34,36H,1-4,7,10-11,14-19,21,23-24,42H2,(H,43,52)(H,44,53)(H2,45,46,54)/t31-,32?,34-,36-/m0/s1. The van der Waals surface area contributed by atoms with Crippen molar-refractivity contribution in [2.24, 2.45) is 5.73 Å². The summed E-state index contributed by atoms with van der Waals surface area (Å²) in [7, 11) is 0. The van der Waals surface area contributed by atoms with Gasteiger partial charge in [-0.1, -0.05) is 23.8 Å². The lowest BCUT2D eigenvalue weighted by Gasteiger charge is -2.18. The first-order chi connectivity index (χ1) is 27.6. The summed E-state index contributed by atoms with van der Waals surface area (Å²) in [6.45, 7) is 0.456. The average molecular weight is 813 g/mol. The van der Waals surface area contributed by atoms with Crippen LogP contribution in [0, 0.1) is 11.6 Å². The molecule has 4 atom stereocenters. The predicted octanol–water partition coefficient (Wildman–Crippen LogP) is 3.52. The maximum atomic E-state index is 14.0. The van der Waals surface area contributed by atoms with Crippen LogP contribution in [0.4, 0.5) is 13.6 Å². The minimum atomic E-state index is -0.989. The number of nitrogens with one attached hydrogen (secondary N) is 4. The van der Waals surface area contributed by atoms with E-state index in [1.165, 1.54) is 10.7 Å². The molecule has 2 saturated heterocycles. The highest BCUT2D eigenvalue weighted by Crippen LogP contribution is 2.33. The van der Waals surface area contributed by atoms with Crippen molar-refractivity contribution in [3.63, 3.8) is 0 Å². The van der Waals surface area contributed by atoms with Crippen molar-refractivity contribution in [3.05, 3.63) is 71.6 Å². The Kier molecular flexibility index (Phi) is 16.8. The van der Waals surface area contributed by atoms with Crippen molar-refractivity contribution in [1.29, 1.82) is 0 Å². The van der Waals surface area contributed by atoms with Gasteiger partial charge in [-0.3, -0.25) is 19.2 Å². The molecule has 0 radical (unpaired) electrons. The monoisotopic (exact) mass is 812 g/mol. The molecule has 3 heterocycles. The third-order valence-corrected chi connectivity index (χ3v) is 11.2. The van der Waals surface area contributed by atoms with Crippen LogP contribution in [0.15, 0.2) is 48.7 Å². The van der Waals surface area contributed by atoms with Crippen LogP contribution in [-0.2, 0) is 25.7 Å². The summed E-state index contributed by atoms with van der Waals surface area (Å²) in [6, 6.07) is 9.01. The van der Waals surface area contributed by atoms with E-state index in [1.54, 1.807) is 30.5 Å². The number of urea groups is 1. The van der Waals surface area contributed by atoms with Gasteiger partial charge in [0.1, 0.15) is 18.1 Å². The highest BCUT2D eigenvalue weighted by atomic mass is 32.2. The third-order valence-electron chi connectivity index (χ3n) is 9.65. The molecule has 4 amide bonds. The quantitative estimate of drug-likeness (QED) is 0.0618. The summed E-state index contributed by atoms with van der Waals surface area (Å²) >= 11 is 1.88. The van der Waals surface area contributed by atoms with Gasteiger partial charge in [0.05, 0.1) is 43.2 Å². The Balaban J connectivity index is 0.972. The molecular formula is C39H50F2N8O7S. The van der Waals surface area contributed by atoms with E-state index in [0.29, 0.717) is 61.9 Å². The molecule has 18 heteroatoms. The van der Waals surface area contributed by atoms with E-state index in [9.17, 15) is 32.8 Å². The zero-order chi connectivity index (χ0) is 40.6. The van der Waals surface area contributed by atoms with Crippen LogP contribution in [0.25, 0.3) is 5.69 Å². The molecule has 2 aliphatic heterocycles. The highest BCUT2D eigenvalue weighted by Gasteiger charge is 2.42. The number of ether oxygens (including phenoxy) is 2. The fourth-order valence-corrected chi connectivity index (χ4v) is 8.10. The number of nitrogens with zero attached hydrogens (tertiary/aromatic N) is 3. The first-order valence-corrected chi connectivity index (χ1v) is 20.3. The Bertz CT molecular complexity index is 1830. The van der Waals surface area contributed by atoms with Gasteiger partial charge in [-0.25, -0.2) is 18.3 Å². The van der Waals surface area contributed by atoms with E-state index in [4.69, 9.17) is 15.2 Å². The van der Waals surface area contributed by atoms with Crippen molar-refractivity contribution in [3.8, 4) is 11.4 Å². The minimum Gasteiger partial charge on any atom is -0.480 e. The number of hydrogen-bond donors (Lipinski definition) is 5. The van der Waals surface area contributed by atoms with Gasteiger partial charge in [0, 0.05) is 42.4 Å². The molecule has 2 aliphatic rings. The zero-order valence-corrected chi connectivity index (χ0v) is 32.5. The average Bonchev–Trinajstić information content (AvgIpc) is 3.93. The topological polar surface area (TPSA) is 209 Å². The molecule has 2 aromatic carbocycles. The number of carbonyl (C=O) groups is 5. The number of nitrogens with two attached hydrogens (primary N) is 1. The molecule has 2 fully saturated rings. The van der Waals surface area contributed by atoms with Crippen molar-refractivity contribution >= 4 is 41.2 Å². The van der Waals surface area contributed by atoms with E-state index in [0.717, 1.165) is 37.1 Å². The lowest BCUT2D eigenvalue weighted by molar-refractivity contribution is -0.123. The zero-order valence-electron chi connectivity index (χ0n) is 31.7. The summed E-state index contributed by atoms with van der Waals surface area (Å²) < 4.78 is 40.2. The Morgan fingerprint density at radius 2 is 1.77 bits per heavy atom. The molecule has 308 valence electrons. The number of amides is 4. The maximum absolute atomic E-state index is 14.0. The van der Waals surface area contributed by atoms with Gasteiger partial charge in [-0.15, -0.1) is 5.10 Å². The van der Waals surface area contributed by atoms with Crippen molar-refractivity contribution in [1.82, 2.24) is 36.3 Å². The van der Waals surface area contributed by atoms with Crippen molar-refractivity contribution in [2.45, 2.75) is 94.1 Å². The molecule has 15 nitrogen and oxygen atoms in total. The van der Waals surface area contributed by atoms with Crippen molar-refractivity contribution in [2.75, 3.05) is 32.1 Å². The molecule has 0 spiro atoms. The number of rotatable bonds is 25. The second-order valence-electron chi connectivity index (χ2n) is 14.0. The number of carbonyl (C=O) groups excluding carboxylic acids is 5.